The number of thioether (sulfide) groups is 1. The average molecular weight is 438 g/mol. The Kier molecular flexibility index (Phi) is 6.78. The number of amides is 2. The van der Waals surface area contributed by atoms with Crippen molar-refractivity contribution >= 4 is 29.1 Å². The van der Waals surface area contributed by atoms with Gasteiger partial charge in [-0.2, -0.15) is 0 Å². The second-order valence-electron chi connectivity index (χ2n) is 8.20. The van der Waals surface area contributed by atoms with Crippen molar-refractivity contribution in [1.82, 2.24) is 4.90 Å². The molecule has 1 saturated heterocycles. The average Bonchev–Trinajstić information content (AvgIpc) is 3.37. The van der Waals surface area contributed by atoms with E-state index in [4.69, 9.17) is 9.47 Å². The number of rotatable bonds is 8. The van der Waals surface area contributed by atoms with Gasteiger partial charge in [0, 0.05) is 11.5 Å². The second-order valence-corrected chi connectivity index (χ2v) is 9.29. The van der Waals surface area contributed by atoms with Crippen LogP contribution in [0, 0.1) is 5.92 Å². The highest BCUT2D eigenvalue weighted by molar-refractivity contribution is 8.04. The summed E-state index contributed by atoms with van der Waals surface area (Å²) in [6.45, 7) is 5.80. The first kappa shape index (κ1) is 21.7. The van der Waals surface area contributed by atoms with Gasteiger partial charge in [-0.1, -0.05) is 55.9 Å². The van der Waals surface area contributed by atoms with Crippen molar-refractivity contribution in [2.45, 2.75) is 37.7 Å². The van der Waals surface area contributed by atoms with Crippen molar-refractivity contribution in [2.75, 3.05) is 19.8 Å². The summed E-state index contributed by atoms with van der Waals surface area (Å²) in [5, 5.41) is 0. The number of hydrogen-bond acceptors (Lipinski definition) is 5. The molecule has 31 heavy (non-hydrogen) atoms. The molecule has 0 spiro atoms. The third-order valence-corrected chi connectivity index (χ3v) is 6.32. The monoisotopic (exact) mass is 437 g/mol. The summed E-state index contributed by atoms with van der Waals surface area (Å²) in [7, 11) is 0. The van der Waals surface area contributed by atoms with E-state index in [9.17, 15) is 9.59 Å². The van der Waals surface area contributed by atoms with Gasteiger partial charge in [-0.15, -0.1) is 0 Å². The molecule has 0 aliphatic carbocycles. The number of nitrogens with zero attached hydrogens (tertiary/aromatic N) is 1. The van der Waals surface area contributed by atoms with Gasteiger partial charge < -0.3 is 9.47 Å². The van der Waals surface area contributed by atoms with E-state index in [1.807, 2.05) is 54.6 Å². The Morgan fingerprint density at radius 2 is 1.81 bits per heavy atom. The number of imide groups is 1. The van der Waals surface area contributed by atoms with Gasteiger partial charge in [0.15, 0.2) is 0 Å². The minimum atomic E-state index is -0.255. The van der Waals surface area contributed by atoms with Gasteiger partial charge in [-0.05, 0) is 48.6 Å². The van der Waals surface area contributed by atoms with Crippen molar-refractivity contribution in [2.24, 2.45) is 5.92 Å². The molecule has 0 N–H and O–H groups in total. The third kappa shape index (κ3) is 5.02. The fourth-order valence-corrected chi connectivity index (χ4v) is 4.68. The summed E-state index contributed by atoms with van der Waals surface area (Å²) < 4.78 is 11.4. The van der Waals surface area contributed by atoms with Crippen LogP contribution in [0.25, 0.3) is 5.57 Å². The highest BCUT2D eigenvalue weighted by Gasteiger charge is 2.40. The lowest BCUT2D eigenvalue weighted by atomic mass is 10.1. The topological polar surface area (TPSA) is 55.8 Å². The van der Waals surface area contributed by atoms with Gasteiger partial charge >= 0.3 is 0 Å². The maximum Gasteiger partial charge on any atom is 0.268 e. The summed E-state index contributed by atoms with van der Waals surface area (Å²) in [5.74, 6) is 0.680. The Morgan fingerprint density at radius 1 is 1.06 bits per heavy atom. The van der Waals surface area contributed by atoms with E-state index < -0.39 is 0 Å². The van der Waals surface area contributed by atoms with Gasteiger partial charge in [-0.25, -0.2) is 0 Å². The molecule has 2 aliphatic heterocycles. The zero-order valence-corrected chi connectivity index (χ0v) is 18.7. The highest BCUT2D eigenvalue weighted by atomic mass is 32.2. The minimum Gasteiger partial charge on any atom is -0.493 e. The molecular formula is C25H27NO4S. The van der Waals surface area contributed by atoms with Gasteiger partial charge in [0.1, 0.15) is 5.75 Å². The fourth-order valence-electron chi connectivity index (χ4n) is 3.65. The molecule has 2 heterocycles. The molecule has 2 aliphatic rings. The van der Waals surface area contributed by atoms with Crippen LogP contribution in [0.15, 0.2) is 64.4 Å². The van der Waals surface area contributed by atoms with Gasteiger partial charge in [0.05, 0.1) is 29.7 Å². The molecule has 1 unspecified atom stereocenters. The summed E-state index contributed by atoms with van der Waals surface area (Å²) in [4.78, 5) is 29.4. The Bertz CT molecular complexity index is 963. The van der Waals surface area contributed by atoms with E-state index in [0.717, 1.165) is 29.1 Å². The lowest BCUT2D eigenvalue weighted by molar-refractivity contribution is -0.138. The normalized spacial score (nSPS) is 19.1. The standard InChI is InChI=1S/C25H27NO4S/c1-17(2)16-30-19-12-10-18(11-13-19)22-23(31-21-8-4-3-5-9-21)25(28)26(24(22)27)15-20-7-6-14-29-20/h3-5,8-13,17,20H,6-7,14-16H2,1-2H3. The zero-order chi connectivity index (χ0) is 21.8. The largest absolute Gasteiger partial charge is 0.493 e. The lowest BCUT2D eigenvalue weighted by Crippen LogP contribution is -2.37. The molecule has 4 rings (SSSR count). The van der Waals surface area contributed by atoms with Crippen LogP contribution in [-0.2, 0) is 14.3 Å². The van der Waals surface area contributed by atoms with Crippen molar-refractivity contribution in [3.05, 3.63) is 65.1 Å². The molecule has 0 aromatic heterocycles. The molecule has 0 bridgehead atoms. The quantitative estimate of drug-likeness (QED) is 0.557. The van der Waals surface area contributed by atoms with Gasteiger partial charge in [0.2, 0.25) is 0 Å². The number of ether oxygens (including phenoxy) is 2. The van der Waals surface area contributed by atoms with E-state index >= 15 is 0 Å². The molecule has 162 valence electrons. The predicted molar refractivity (Wildman–Crippen MR) is 122 cm³/mol. The van der Waals surface area contributed by atoms with Crippen LogP contribution < -0.4 is 4.74 Å². The summed E-state index contributed by atoms with van der Waals surface area (Å²) in [5.41, 5.74) is 1.18. The molecule has 1 fully saturated rings. The third-order valence-electron chi connectivity index (χ3n) is 5.23. The van der Waals surface area contributed by atoms with Crippen molar-refractivity contribution in [1.29, 1.82) is 0 Å². The molecule has 2 aromatic carbocycles. The SMILES string of the molecule is CC(C)COc1ccc(C2=C(Sc3ccccc3)C(=O)N(CC3CCCO3)C2=O)cc1. The molecule has 5 nitrogen and oxygen atoms in total. The first-order valence-corrected chi connectivity index (χ1v) is 11.5. The predicted octanol–water partition coefficient (Wildman–Crippen LogP) is 4.77. The van der Waals surface area contributed by atoms with Crippen molar-refractivity contribution < 1.29 is 19.1 Å². The number of benzene rings is 2. The van der Waals surface area contributed by atoms with Crippen LogP contribution in [0.2, 0.25) is 0 Å². The Labute approximate surface area is 187 Å². The molecule has 0 saturated carbocycles. The Hall–Kier alpha value is -2.57. The summed E-state index contributed by atoms with van der Waals surface area (Å²) in [6, 6.07) is 17.1. The van der Waals surface area contributed by atoms with Crippen molar-refractivity contribution in [3.8, 4) is 5.75 Å². The van der Waals surface area contributed by atoms with Crippen LogP contribution in [0.3, 0.4) is 0 Å². The van der Waals surface area contributed by atoms with Crippen LogP contribution in [-0.4, -0.2) is 42.6 Å². The molecule has 6 heteroatoms. The fraction of sp³-hybridized carbons (Fsp3) is 0.360. The summed E-state index contributed by atoms with van der Waals surface area (Å²) >= 11 is 1.34. The first-order valence-electron chi connectivity index (χ1n) is 10.7. The van der Waals surface area contributed by atoms with Gasteiger partial charge in [-0.3, -0.25) is 14.5 Å². The Balaban J connectivity index is 1.63. The smallest absolute Gasteiger partial charge is 0.268 e. The van der Waals surface area contributed by atoms with Crippen LogP contribution in [0.4, 0.5) is 0 Å². The van der Waals surface area contributed by atoms with Crippen molar-refractivity contribution in [3.63, 3.8) is 0 Å². The number of hydrogen-bond donors (Lipinski definition) is 0. The van der Waals surface area contributed by atoms with Crippen LogP contribution in [0.1, 0.15) is 32.3 Å². The number of carbonyl (C=O) groups excluding carboxylic acids is 2. The van der Waals surface area contributed by atoms with E-state index in [1.165, 1.54) is 16.7 Å². The molecule has 2 amide bonds. The zero-order valence-electron chi connectivity index (χ0n) is 17.9. The second kappa shape index (κ2) is 9.71. The molecule has 1 atom stereocenters. The molecule has 2 aromatic rings. The maximum atomic E-state index is 13.4. The molecular weight excluding hydrogens is 410 g/mol. The number of carbonyl (C=O) groups is 2. The molecule has 0 radical (unpaired) electrons. The Morgan fingerprint density at radius 3 is 2.45 bits per heavy atom. The minimum absolute atomic E-state index is 0.0814. The van der Waals surface area contributed by atoms with E-state index in [0.29, 0.717) is 36.2 Å². The van der Waals surface area contributed by atoms with Crippen LogP contribution >= 0.6 is 11.8 Å². The highest BCUT2D eigenvalue weighted by Crippen LogP contribution is 2.40. The maximum absolute atomic E-state index is 13.4. The van der Waals surface area contributed by atoms with E-state index in [-0.39, 0.29) is 17.9 Å². The van der Waals surface area contributed by atoms with E-state index in [1.54, 1.807) is 0 Å². The van der Waals surface area contributed by atoms with E-state index in [2.05, 4.69) is 13.8 Å². The van der Waals surface area contributed by atoms with Gasteiger partial charge in [0.25, 0.3) is 11.8 Å². The van der Waals surface area contributed by atoms with Crippen LogP contribution in [0.5, 0.6) is 5.75 Å². The summed E-state index contributed by atoms with van der Waals surface area (Å²) in [6.07, 6.45) is 1.75. The first-order chi connectivity index (χ1) is 15.0. The lowest BCUT2D eigenvalue weighted by Gasteiger charge is -2.19.